The molecular formula is C21H14ClNO. The number of rotatable bonds is 2. The molecule has 4 rings (SSSR count). The van der Waals surface area contributed by atoms with Crippen molar-refractivity contribution in [2.75, 3.05) is 0 Å². The standard InChI is InChI=1S/C21H14ClNO/c22-17-11-12-20-16(13-17)14-19(15-7-3-1-4-8-15)21(24)23(20)18-9-5-2-6-10-18/h1-14H. The summed E-state index contributed by atoms with van der Waals surface area (Å²) in [5, 5.41) is 1.59. The number of para-hydroxylation sites is 1. The van der Waals surface area contributed by atoms with Crippen LogP contribution in [0.5, 0.6) is 0 Å². The molecular weight excluding hydrogens is 318 g/mol. The van der Waals surface area contributed by atoms with Gasteiger partial charge >= 0.3 is 0 Å². The molecule has 4 aromatic rings. The number of benzene rings is 3. The van der Waals surface area contributed by atoms with E-state index in [0.29, 0.717) is 10.6 Å². The fraction of sp³-hybridized carbons (Fsp3) is 0. The summed E-state index contributed by atoms with van der Waals surface area (Å²) in [6.45, 7) is 0. The molecule has 0 saturated heterocycles. The summed E-state index contributed by atoms with van der Waals surface area (Å²) >= 11 is 6.17. The van der Waals surface area contributed by atoms with Gasteiger partial charge in [0.25, 0.3) is 5.56 Å². The van der Waals surface area contributed by atoms with E-state index in [9.17, 15) is 4.79 Å². The second-order valence-electron chi connectivity index (χ2n) is 5.60. The van der Waals surface area contributed by atoms with Crippen LogP contribution in [0, 0.1) is 0 Å². The Morgan fingerprint density at radius 1 is 0.750 bits per heavy atom. The SMILES string of the molecule is O=c1c(-c2ccccc2)cc2cc(Cl)ccc2n1-c1ccccc1. The average Bonchev–Trinajstić information content (AvgIpc) is 2.63. The molecule has 0 atom stereocenters. The van der Waals surface area contributed by atoms with Gasteiger partial charge in [-0.15, -0.1) is 0 Å². The van der Waals surface area contributed by atoms with Gasteiger partial charge in [-0.25, -0.2) is 0 Å². The highest BCUT2D eigenvalue weighted by molar-refractivity contribution is 6.31. The van der Waals surface area contributed by atoms with Crippen molar-refractivity contribution in [2.45, 2.75) is 0 Å². The van der Waals surface area contributed by atoms with Gasteiger partial charge in [0.1, 0.15) is 0 Å². The zero-order valence-electron chi connectivity index (χ0n) is 12.8. The van der Waals surface area contributed by atoms with Crippen LogP contribution in [0.1, 0.15) is 0 Å². The van der Waals surface area contributed by atoms with Crippen molar-refractivity contribution < 1.29 is 0 Å². The first-order chi connectivity index (χ1) is 11.7. The first kappa shape index (κ1) is 14.7. The van der Waals surface area contributed by atoms with E-state index in [1.807, 2.05) is 84.9 Å². The van der Waals surface area contributed by atoms with Crippen molar-refractivity contribution >= 4 is 22.5 Å². The van der Waals surface area contributed by atoms with Crippen LogP contribution >= 0.6 is 11.6 Å². The molecule has 0 aliphatic heterocycles. The largest absolute Gasteiger partial charge is 0.276 e. The van der Waals surface area contributed by atoms with Gasteiger partial charge in [0.05, 0.1) is 5.52 Å². The lowest BCUT2D eigenvalue weighted by Crippen LogP contribution is -2.20. The first-order valence-corrected chi connectivity index (χ1v) is 8.08. The Balaban J connectivity index is 2.13. The molecule has 24 heavy (non-hydrogen) atoms. The zero-order chi connectivity index (χ0) is 16.5. The number of halogens is 1. The molecule has 0 bridgehead atoms. The van der Waals surface area contributed by atoms with E-state index in [1.165, 1.54) is 0 Å². The normalized spacial score (nSPS) is 10.9. The minimum Gasteiger partial charge on any atom is -0.276 e. The van der Waals surface area contributed by atoms with Crippen LogP contribution in [0.25, 0.3) is 27.7 Å². The molecule has 3 aromatic carbocycles. The van der Waals surface area contributed by atoms with Crippen LogP contribution in [0.4, 0.5) is 0 Å². The number of hydrogen-bond acceptors (Lipinski definition) is 1. The Bertz CT molecular complexity index is 1070. The van der Waals surface area contributed by atoms with Crippen LogP contribution in [-0.2, 0) is 0 Å². The molecule has 0 fully saturated rings. The molecule has 0 aliphatic carbocycles. The number of nitrogens with zero attached hydrogens (tertiary/aromatic N) is 1. The summed E-state index contributed by atoms with van der Waals surface area (Å²) in [7, 11) is 0. The summed E-state index contributed by atoms with van der Waals surface area (Å²) in [6.07, 6.45) is 0. The number of aromatic nitrogens is 1. The molecule has 0 unspecified atom stereocenters. The third-order valence-corrected chi connectivity index (χ3v) is 4.30. The van der Waals surface area contributed by atoms with E-state index in [0.717, 1.165) is 22.2 Å². The van der Waals surface area contributed by atoms with E-state index in [1.54, 1.807) is 4.57 Å². The number of hydrogen-bond donors (Lipinski definition) is 0. The first-order valence-electron chi connectivity index (χ1n) is 7.70. The van der Waals surface area contributed by atoms with Crippen LogP contribution in [0.3, 0.4) is 0 Å². The molecule has 2 nitrogen and oxygen atoms in total. The summed E-state index contributed by atoms with van der Waals surface area (Å²) < 4.78 is 1.74. The lowest BCUT2D eigenvalue weighted by Gasteiger charge is -2.13. The Morgan fingerprint density at radius 3 is 2.12 bits per heavy atom. The van der Waals surface area contributed by atoms with Gasteiger partial charge in [0.15, 0.2) is 0 Å². The molecule has 0 N–H and O–H groups in total. The second-order valence-corrected chi connectivity index (χ2v) is 6.04. The second kappa shape index (κ2) is 5.99. The minimum atomic E-state index is -0.0396. The highest BCUT2D eigenvalue weighted by Crippen LogP contribution is 2.25. The Morgan fingerprint density at radius 2 is 1.42 bits per heavy atom. The average molecular weight is 332 g/mol. The van der Waals surface area contributed by atoms with Crippen LogP contribution in [0.2, 0.25) is 5.02 Å². The van der Waals surface area contributed by atoms with E-state index in [-0.39, 0.29) is 5.56 Å². The van der Waals surface area contributed by atoms with Gasteiger partial charge in [0.2, 0.25) is 0 Å². The van der Waals surface area contributed by atoms with Gasteiger partial charge in [-0.2, -0.15) is 0 Å². The summed E-state index contributed by atoms with van der Waals surface area (Å²) in [5.74, 6) is 0. The van der Waals surface area contributed by atoms with Crippen molar-refractivity contribution in [3.63, 3.8) is 0 Å². The lowest BCUT2D eigenvalue weighted by molar-refractivity contribution is 1.05. The van der Waals surface area contributed by atoms with E-state index >= 15 is 0 Å². The third kappa shape index (κ3) is 2.51. The predicted molar refractivity (Wildman–Crippen MR) is 100.0 cm³/mol. The Kier molecular flexibility index (Phi) is 3.68. The van der Waals surface area contributed by atoms with Crippen molar-refractivity contribution in [3.05, 3.63) is 100 Å². The highest BCUT2D eigenvalue weighted by atomic mass is 35.5. The van der Waals surface area contributed by atoms with Crippen LogP contribution < -0.4 is 5.56 Å². The van der Waals surface area contributed by atoms with Gasteiger partial charge in [-0.3, -0.25) is 9.36 Å². The molecule has 0 spiro atoms. The van der Waals surface area contributed by atoms with E-state index < -0.39 is 0 Å². The Labute approximate surface area is 144 Å². The van der Waals surface area contributed by atoms with Crippen molar-refractivity contribution in [1.29, 1.82) is 0 Å². The quantitative estimate of drug-likeness (QED) is 0.488. The van der Waals surface area contributed by atoms with Crippen molar-refractivity contribution in [2.24, 2.45) is 0 Å². The molecule has 3 heteroatoms. The zero-order valence-corrected chi connectivity index (χ0v) is 13.6. The molecule has 1 aromatic heterocycles. The third-order valence-electron chi connectivity index (χ3n) is 4.06. The van der Waals surface area contributed by atoms with E-state index in [2.05, 4.69) is 0 Å². The smallest absolute Gasteiger partial charge is 0.263 e. The fourth-order valence-corrected chi connectivity index (χ4v) is 3.13. The van der Waals surface area contributed by atoms with Gasteiger partial charge in [-0.05, 0) is 42.0 Å². The molecule has 0 saturated carbocycles. The molecule has 0 amide bonds. The van der Waals surface area contributed by atoms with Crippen molar-refractivity contribution in [1.82, 2.24) is 4.57 Å². The molecule has 116 valence electrons. The molecule has 0 aliphatic rings. The molecule has 0 radical (unpaired) electrons. The lowest BCUT2D eigenvalue weighted by atomic mass is 10.0. The summed E-state index contributed by atoms with van der Waals surface area (Å²) in [5.41, 5.74) is 3.20. The monoisotopic (exact) mass is 331 g/mol. The fourth-order valence-electron chi connectivity index (χ4n) is 2.95. The minimum absolute atomic E-state index is 0.0396. The maximum Gasteiger partial charge on any atom is 0.263 e. The predicted octanol–water partition coefficient (Wildman–Crippen LogP) is 5.31. The van der Waals surface area contributed by atoms with Crippen LogP contribution in [-0.4, -0.2) is 4.57 Å². The van der Waals surface area contributed by atoms with Gasteiger partial charge in [0, 0.05) is 21.7 Å². The molecule has 1 heterocycles. The van der Waals surface area contributed by atoms with Gasteiger partial charge < -0.3 is 0 Å². The van der Waals surface area contributed by atoms with Gasteiger partial charge in [-0.1, -0.05) is 60.1 Å². The van der Waals surface area contributed by atoms with E-state index in [4.69, 9.17) is 11.6 Å². The highest BCUT2D eigenvalue weighted by Gasteiger charge is 2.12. The van der Waals surface area contributed by atoms with Crippen LogP contribution in [0.15, 0.2) is 89.7 Å². The maximum absolute atomic E-state index is 13.2. The van der Waals surface area contributed by atoms with Crippen molar-refractivity contribution in [3.8, 4) is 16.8 Å². The topological polar surface area (TPSA) is 22.0 Å². The number of fused-ring (bicyclic) bond motifs is 1. The summed E-state index contributed by atoms with van der Waals surface area (Å²) in [4.78, 5) is 13.2. The number of pyridine rings is 1. The summed E-state index contributed by atoms with van der Waals surface area (Å²) in [6, 6.07) is 26.9. The maximum atomic E-state index is 13.2. The Hall–Kier alpha value is -2.84.